The molecule has 4 heteroatoms. The summed E-state index contributed by atoms with van der Waals surface area (Å²) in [6.45, 7) is 2.65. The van der Waals surface area contributed by atoms with Crippen LogP contribution in [0.2, 0.25) is 0 Å². The number of hydrogen-bond donors (Lipinski definition) is 0. The number of nitrogens with zero attached hydrogens (tertiary/aromatic N) is 1. The average Bonchev–Trinajstić information content (AvgIpc) is 2.96. The van der Waals surface area contributed by atoms with E-state index in [9.17, 15) is 4.79 Å². The molecular weight excluding hydrogens is 293 g/mol. The predicted octanol–water partition coefficient (Wildman–Crippen LogP) is 4.54. The summed E-state index contributed by atoms with van der Waals surface area (Å²) in [7, 11) is 0.608. The lowest BCUT2D eigenvalue weighted by Crippen LogP contribution is -2.48. The van der Waals surface area contributed by atoms with Crippen molar-refractivity contribution in [3.63, 3.8) is 0 Å². The van der Waals surface area contributed by atoms with Crippen molar-refractivity contribution in [3.05, 3.63) is 16.9 Å². The summed E-state index contributed by atoms with van der Waals surface area (Å²) in [6, 6.07) is 0. The Balaban J connectivity index is 1.58. The molecule has 4 aliphatic rings. The van der Waals surface area contributed by atoms with Gasteiger partial charge in [0.15, 0.2) is 5.69 Å². The first kappa shape index (κ1) is 14.8. The third kappa shape index (κ3) is 2.42. The minimum absolute atomic E-state index is 0.166. The van der Waals surface area contributed by atoms with Gasteiger partial charge in [-0.15, -0.1) is 8.19 Å². The first-order chi connectivity index (χ1) is 10.7. The number of carbonyl (C=O) groups is 1. The van der Waals surface area contributed by atoms with Crippen LogP contribution in [0.15, 0.2) is 5.93 Å². The Morgan fingerprint density at radius 3 is 2.50 bits per heavy atom. The van der Waals surface area contributed by atoms with Gasteiger partial charge in [-0.2, -0.15) is 0 Å². The fraction of sp³-hybridized carbons (Fsp3) is 0.778. The number of rotatable bonds is 5. The largest absolute Gasteiger partial charge is 0.461 e. The lowest BCUT2D eigenvalue weighted by Gasteiger charge is -2.56. The zero-order valence-corrected chi connectivity index (χ0v) is 14.4. The molecule has 1 heterocycles. The first-order valence-electron chi connectivity index (χ1n) is 8.91. The minimum atomic E-state index is -0.166. The number of unbranched alkanes of at least 4 members (excludes halogenated alkanes) is 1. The Morgan fingerprint density at radius 1 is 1.27 bits per heavy atom. The molecule has 4 aliphatic carbocycles. The van der Waals surface area contributed by atoms with Crippen LogP contribution in [0, 0.1) is 17.8 Å². The Hall–Kier alpha value is -0.820. The molecule has 4 fully saturated rings. The quantitative estimate of drug-likeness (QED) is 0.591. The van der Waals surface area contributed by atoms with E-state index >= 15 is 0 Å². The van der Waals surface area contributed by atoms with E-state index in [2.05, 4.69) is 11.9 Å². The maximum absolute atomic E-state index is 12.4. The summed E-state index contributed by atoms with van der Waals surface area (Å²) < 4.78 is 5.45. The van der Waals surface area contributed by atoms with Crippen molar-refractivity contribution in [2.24, 2.45) is 17.8 Å². The summed E-state index contributed by atoms with van der Waals surface area (Å²) >= 11 is 0. The number of aromatic nitrogens is 1. The van der Waals surface area contributed by atoms with E-state index in [-0.39, 0.29) is 5.97 Å². The topological polar surface area (TPSA) is 39.2 Å². The van der Waals surface area contributed by atoms with Crippen molar-refractivity contribution in [2.75, 3.05) is 6.61 Å². The zero-order valence-electron chi connectivity index (χ0n) is 13.4. The van der Waals surface area contributed by atoms with Crippen LogP contribution in [0.25, 0.3) is 0 Å². The Labute approximate surface area is 134 Å². The third-order valence-electron chi connectivity index (χ3n) is 6.13. The highest BCUT2D eigenvalue weighted by molar-refractivity contribution is 7.30. The highest BCUT2D eigenvalue weighted by atomic mass is 31.0. The molecule has 1 aromatic rings. The molecule has 4 saturated carbocycles. The van der Waals surface area contributed by atoms with Gasteiger partial charge in [-0.3, -0.25) is 0 Å². The van der Waals surface area contributed by atoms with Crippen LogP contribution in [0.3, 0.4) is 0 Å². The van der Waals surface area contributed by atoms with Crippen LogP contribution in [-0.2, 0) is 10.2 Å². The molecule has 1 atom stereocenters. The molecule has 22 heavy (non-hydrogen) atoms. The average molecular weight is 319 g/mol. The monoisotopic (exact) mass is 319 g/mol. The van der Waals surface area contributed by atoms with Crippen LogP contribution in [0.1, 0.15) is 74.1 Å². The van der Waals surface area contributed by atoms with Gasteiger partial charge in [0, 0.05) is 16.6 Å². The van der Waals surface area contributed by atoms with Crippen molar-refractivity contribution in [2.45, 2.75) is 63.7 Å². The number of carbonyl (C=O) groups excluding carboxylic acids is 1. The van der Waals surface area contributed by atoms with Crippen molar-refractivity contribution in [3.8, 4) is 0 Å². The molecule has 0 amide bonds. The maximum atomic E-state index is 12.4. The van der Waals surface area contributed by atoms with Crippen LogP contribution in [0.5, 0.6) is 0 Å². The van der Waals surface area contributed by atoms with E-state index in [0.29, 0.717) is 25.9 Å². The molecule has 0 aliphatic heterocycles. The second-order valence-corrected chi connectivity index (χ2v) is 8.86. The molecule has 1 unspecified atom stereocenters. The standard InChI is InChI=1S/C18H26NO2P/c1-2-3-4-21-17(20)15-16(22-11-19-15)18-8-12-5-13(9-18)7-14(6-12)10-18/h11-14,22H,2-10H2,1H3. The van der Waals surface area contributed by atoms with Gasteiger partial charge in [-0.1, -0.05) is 13.3 Å². The van der Waals surface area contributed by atoms with Gasteiger partial charge in [0.1, 0.15) is 0 Å². The Bertz CT molecular complexity index is 530. The SMILES string of the molecule is CCCCOC(=O)c1nc[pH]c1C12CC3CC(CC(C3)C1)C2. The summed E-state index contributed by atoms with van der Waals surface area (Å²) in [6.07, 6.45) is 10.2. The molecule has 120 valence electrons. The summed E-state index contributed by atoms with van der Waals surface area (Å²) in [5.74, 6) is 4.51. The van der Waals surface area contributed by atoms with E-state index in [1.54, 1.807) is 0 Å². The van der Waals surface area contributed by atoms with Crippen molar-refractivity contribution < 1.29 is 9.53 Å². The highest BCUT2D eigenvalue weighted by Gasteiger charge is 2.53. The van der Waals surface area contributed by atoms with E-state index in [4.69, 9.17) is 4.74 Å². The van der Waals surface area contributed by atoms with Gasteiger partial charge in [-0.25, -0.2) is 9.78 Å². The Kier molecular flexibility index (Phi) is 3.80. The molecule has 4 bridgehead atoms. The van der Waals surface area contributed by atoms with Crippen molar-refractivity contribution in [1.82, 2.24) is 4.98 Å². The normalized spacial score (nSPS) is 36.1. The smallest absolute Gasteiger partial charge is 0.357 e. The first-order valence-corrected chi connectivity index (χ1v) is 9.99. The fourth-order valence-electron chi connectivity index (χ4n) is 5.65. The number of esters is 1. The third-order valence-corrected chi connectivity index (χ3v) is 7.45. The van der Waals surface area contributed by atoms with Gasteiger partial charge < -0.3 is 4.74 Å². The number of ether oxygens (including phenoxy) is 1. The molecular formula is C18H26NO2P. The van der Waals surface area contributed by atoms with Crippen LogP contribution in [-0.4, -0.2) is 17.6 Å². The lowest BCUT2D eigenvalue weighted by atomic mass is 9.49. The van der Waals surface area contributed by atoms with E-state index in [1.165, 1.54) is 43.8 Å². The summed E-state index contributed by atoms with van der Waals surface area (Å²) in [5.41, 5.74) is 0.972. The summed E-state index contributed by atoms with van der Waals surface area (Å²) in [4.78, 5) is 16.9. The van der Waals surface area contributed by atoms with Crippen LogP contribution in [0.4, 0.5) is 0 Å². The van der Waals surface area contributed by atoms with Crippen LogP contribution < -0.4 is 0 Å². The van der Waals surface area contributed by atoms with Crippen molar-refractivity contribution >= 4 is 14.2 Å². The Morgan fingerprint density at radius 2 is 1.91 bits per heavy atom. The minimum Gasteiger partial charge on any atom is -0.461 e. The number of hydrogen-bond acceptors (Lipinski definition) is 3. The van der Waals surface area contributed by atoms with E-state index in [1.807, 2.05) is 5.93 Å². The molecule has 5 rings (SSSR count). The predicted molar refractivity (Wildman–Crippen MR) is 88.8 cm³/mol. The molecule has 3 nitrogen and oxygen atoms in total. The molecule has 1 aromatic heterocycles. The molecule has 0 spiro atoms. The molecule has 0 aromatic carbocycles. The fourth-order valence-corrected chi connectivity index (χ4v) is 6.89. The zero-order chi connectivity index (χ0) is 15.2. The van der Waals surface area contributed by atoms with E-state index in [0.717, 1.165) is 30.6 Å². The molecule has 0 N–H and O–H groups in total. The molecule has 0 saturated heterocycles. The van der Waals surface area contributed by atoms with Gasteiger partial charge in [0.2, 0.25) is 0 Å². The second-order valence-electron chi connectivity index (χ2n) is 7.81. The van der Waals surface area contributed by atoms with Gasteiger partial charge in [0.05, 0.1) is 6.61 Å². The second kappa shape index (κ2) is 5.67. The van der Waals surface area contributed by atoms with Gasteiger partial charge in [0.25, 0.3) is 0 Å². The maximum Gasteiger partial charge on any atom is 0.357 e. The van der Waals surface area contributed by atoms with Crippen LogP contribution >= 0.6 is 8.19 Å². The highest BCUT2D eigenvalue weighted by Crippen LogP contribution is 2.62. The molecule has 0 radical (unpaired) electrons. The van der Waals surface area contributed by atoms with Gasteiger partial charge >= 0.3 is 5.97 Å². The van der Waals surface area contributed by atoms with Crippen molar-refractivity contribution in [1.29, 1.82) is 0 Å². The lowest BCUT2D eigenvalue weighted by molar-refractivity contribution is -0.00442. The van der Waals surface area contributed by atoms with E-state index < -0.39 is 0 Å². The summed E-state index contributed by atoms with van der Waals surface area (Å²) in [5, 5.41) is 1.35. The van der Waals surface area contributed by atoms with Gasteiger partial charge in [-0.05, 0) is 62.7 Å².